The minimum absolute atomic E-state index is 0.0601. The molecule has 0 radical (unpaired) electrons. The molecule has 1 amide bonds. The van der Waals surface area contributed by atoms with Crippen molar-refractivity contribution in [3.05, 3.63) is 35.5 Å². The first-order valence-electron chi connectivity index (χ1n) is 13.3. The van der Waals surface area contributed by atoms with E-state index in [1.54, 1.807) is 4.72 Å². The molecule has 0 unspecified atom stereocenters. The quantitative estimate of drug-likeness (QED) is 0.337. The van der Waals surface area contributed by atoms with E-state index >= 15 is 0 Å². The van der Waals surface area contributed by atoms with Crippen molar-refractivity contribution >= 4 is 21.9 Å². The van der Waals surface area contributed by atoms with Crippen LogP contribution in [0.1, 0.15) is 67.9 Å². The monoisotopic (exact) mass is 606 g/mol. The summed E-state index contributed by atoms with van der Waals surface area (Å²) in [6.45, 7) is 1.16. The van der Waals surface area contributed by atoms with Crippen LogP contribution in [-0.2, 0) is 27.5 Å². The molecule has 0 spiro atoms. The summed E-state index contributed by atoms with van der Waals surface area (Å²) in [5.41, 5.74) is -1.53. The van der Waals surface area contributed by atoms with Crippen molar-refractivity contribution in [2.24, 2.45) is 11.8 Å². The summed E-state index contributed by atoms with van der Waals surface area (Å²) in [5.74, 6) is -1.96. The van der Waals surface area contributed by atoms with Crippen molar-refractivity contribution in [1.29, 1.82) is 0 Å². The maximum Gasteiger partial charge on any atom is 0.417 e. The van der Waals surface area contributed by atoms with Gasteiger partial charge in [-0.05, 0) is 56.7 Å². The number of benzene rings is 1. The van der Waals surface area contributed by atoms with Crippen molar-refractivity contribution in [2.75, 3.05) is 0 Å². The normalized spacial score (nSPS) is 21.0. The van der Waals surface area contributed by atoms with Crippen LogP contribution >= 0.6 is 0 Å². The van der Waals surface area contributed by atoms with Crippen LogP contribution in [0.3, 0.4) is 0 Å². The zero-order valence-electron chi connectivity index (χ0n) is 22.1. The third kappa shape index (κ3) is 7.23. The Bertz CT molecular complexity index is 1380. The van der Waals surface area contributed by atoms with E-state index in [9.17, 15) is 40.0 Å². The van der Waals surface area contributed by atoms with Gasteiger partial charge in [0.15, 0.2) is 5.69 Å². The molecule has 2 saturated carbocycles. The van der Waals surface area contributed by atoms with Gasteiger partial charge in [0.2, 0.25) is 10.0 Å². The second kappa shape index (κ2) is 12.0. The number of aliphatic carboxylic acids is 1. The average Bonchev–Trinajstić information content (AvgIpc) is 3.28. The van der Waals surface area contributed by atoms with Crippen LogP contribution in [0.4, 0.5) is 22.0 Å². The lowest BCUT2D eigenvalue weighted by atomic mass is 9.80. The molecule has 0 saturated heterocycles. The number of hydrogen-bond donors (Lipinski definition) is 3. The van der Waals surface area contributed by atoms with E-state index in [-0.39, 0.29) is 41.8 Å². The second-order valence-electron chi connectivity index (χ2n) is 10.7. The summed E-state index contributed by atoms with van der Waals surface area (Å²) >= 11 is 0. The molecule has 1 aromatic carbocycles. The van der Waals surface area contributed by atoms with Gasteiger partial charge < -0.3 is 10.4 Å². The SMILES string of the molecule is C[C@H](NS(=O)(=O)c1ccc(-c2cc(C(=O)NC3CC(C(=O)O)C3)nn2CC2CCCCC2)cc1C(F)(F)F)C(F)F. The van der Waals surface area contributed by atoms with Gasteiger partial charge in [-0.15, -0.1) is 0 Å². The minimum Gasteiger partial charge on any atom is -0.481 e. The number of nitrogens with one attached hydrogen (secondary N) is 2. The molecule has 226 valence electrons. The fraction of sp³-hybridized carbons (Fsp3) is 0.577. The van der Waals surface area contributed by atoms with Crippen molar-refractivity contribution in [2.45, 2.75) is 88.0 Å². The number of carboxylic acids is 1. The maximum absolute atomic E-state index is 14.1. The van der Waals surface area contributed by atoms with Crippen LogP contribution in [0, 0.1) is 11.8 Å². The highest BCUT2D eigenvalue weighted by Gasteiger charge is 2.39. The first-order chi connectivity index (χ1) is 19.2. The van der Waals surface area contributed by atoms with Gasteiger partial charge in [0.25, 0.3) is 12.3 Å². The smallest absolute Gasteiger partial charge is 0.417 e. The van der Waals surface area contributed by atoms with E-state index in [1.807, 2.05) is 0 Å². The predicted octanol–water partition coefficient (Wildman–Crippen LogP) is 4.67. The van der Waals surface area contributed by atoms with E-state index in [4.69, 9.17) is 5.11 Å². The molecule has 1 atom stereocenters. The first kappa shape index (κ1) is 30.9. The molecular formula is C26H31F5N4O5S. The summed E-state index contributed by atoms with van der Waals surface area (Å²) in [5, 5.41) is 16.1. The lowest BCUT2D eigenvalue weighted by Crippen LogP contribution is -2.46. The number of sulfonamides is 1. The fourth-order valence-electron chi connectivity index (χ4n) is 5.22. The molecule has 15 heteroatoms. The third-order valence-electron chi connectivity index (χ3n) is 7.58. The van der Waals surface area contributed by atoms with E-state index in [2.05, 4.69) is 10.4 Å². The Hall–Kier alpha value is -3.07. The van der Waals surface area contributed by atoms with E-state index in [1.165, 1.54) is 10.7 Å². The molecule has 9 nitrogen and oxygen atoms in total. The molecule has 1 heterocycles. The lowest BCUT2D eigenvalue weighted by Gasteiger charge is -2.32. The van der Waals surface area contributed by atoms with E-state index < -0.39 is 56.9 Å². The highest BCUT2D eigenvalue weighted by atomic mass is 32.2. The standard InChI is InChI=1S/C26H31F5N4O5S/c1-14(23(27)28)34-41(39,40)22-8-7-16(11-19(22)26(29,30)31)21-12-20(24(36)32-18-9-17(10-18)25(37)38)33-35(21)13-15-5-3-2-4-6-15/h7-8,11-12,14-15,17-18,23,34H,2-6,9-10,13H2,1H3,(H,32,36)(H,37,38)/t14-,17?,18?/m0/s1. The lowest BCUT2D eigenvalue weighted by molar-refractivity contribution is -0.145. The van der Waals surface area contributed by atoms with Crippen LogP contribution in [0.25, 0.3) is 11.3 Å². The van der Waals surface area contributed by atoms with Crippen molar-refractivity contribution in [1.82, 2.24) is 19.8 Å². The number of carbonyl (C=O) groups excluding carboxylic acids is 1. The molecule has 0 aliphatic heterocycles. The van der Waals surface area contributed by atoms with Crippen molar-refractivity contribution < 1.29 is 45.1 Å². The molecule has 1 aromatic heterocycles. The van der Waals surface area contributed by atoms with Crippen molar-refractivity contribution in [3.63, 3.8) is 0 Å². The number of carbonyl (C=O) groups is 2. The Morgan fingerprint density at radius 1 is 1.12 bits per heavy atom. The summed E-state index contributed by atoms with van der Waals surface area (Å²) in [6.07, 6.45) is -3.00. The van der Waals surface area contributed by atoms with E-state index in [0.29, 0.717) is 18.7 Å². The topological polar surface area (TPSA) is 130 Å². The zero-order valence-corrected chi connectivity index (χ0v) is 22.9. The summed E-state index contributed by atoms with van der Waals surface area (Å²) in [4.78, 5) is 22.8. The van der Waals surface area contributed by atoms with E-state index in [0.717, 1.165) is 45.1 Å². The number of amides is 1. The molecule has 3 N–H and O–H groups in total. The second-order valence-corrected chi connectivity index (χ2v) is 12.4. The van der Waals surface area contributed by atoms with Crippen LogP contribution in [0.15, 0.2) is 29.2 Å². The number of nitrogens with zero attached hydrogens (tertiary/aromatic N) is 2. The Balaban J connectivity index is 1.70. The summed E-state index contributed by atoms with van der Waals surface area (Å²) < 4.78 is 96.4. The van der Waals surface area contributed by atoms with Crippen LogP contribution in [-0.4, -0.2) is 53.7 Å². The number of alkyl halides is 5. The zero-order chi connectivity index (χ0) is 30.1. The van der Waals surface area contributed by atoms with Gasteiger partial charge in [0.05, 0.1) is 28.1 Å². The largest absolute Gasteiger partial charge is 0.481 e. The van der Waals surface area contributed by atoms with Crippen LogP contribution in [0.2, 0.25) is 0 Å². The number of carboxylic acid groups (broad SMARTS) is 1. The van der Waals surface area contributed by atoms with Gasteiger partial charge in [-0.25, -0.2) is 21.9 Å². The Morgan fingerprint density at radius 2 is 1.78 bits per heavy atom. The maximum atomic E-state index is 14.1. The Morgan fingerprint density at radius 3 is 2.37 bits per heavy atom. The van der Waals surface area contributed by atoms with Crippen LogP contribution in [0.5, 0.6) is 0 Å². The van der Waals surface area contributed by atoms with Gasteiger partial charge in [-0.1, -0.05) is 25.3 Å². The average molecular weight is 607 g/mol. The van der Waals surface area contributed by atoms with Crippen LogP contribution < -0.4 is 10.0 Å². The summed E-state index contributed by atoms with van der Waals surface area (Å²) in [7, 11) is -4.96. The molecule has 2 aliphatic rings. The van der Waals surface area contributed by atoms with Crippen molar-refractivity contribution in [3.8, 4) is 11.3 Å². The number of rotatable bonds is 10. The van der Waals surface area contributed by atoms with Gasteiger partial charge >= 0.3 is 12.1 Å². The minimum atomic E-state index is -5.15. The first-order valence-corrected chi connectivity index (χ1v) is 14.8. The van der Waals surface area contributed by atoms with Gasteiger partial charge in [0.1, 0.15) is 0 Å². The molecule has 4 rings (SSSR count). The Labute approximate surface area is 233 Å². The fourth-order valence-corrected chi connectivity index (χ4v) is 6.65. The highest BCUT2D eigenvalue weighted by Crippen LogP contribution is 2.38. The molecular weight excluding hydrogens is 575 g/mol. The molecule has 2 aliphatic carbocycles. The third-order valence-corrected chi connectivity index (χ3v) is 9.20. The van der Waals surface area contributed by atoms with Gasteiger partial charge in [-0.3, -0.25) is 14.3 Å². The number of hydrogen-bond acceptors (Lipinski definition) is 5. The summed E-state index contributed by atoms with van der Waals surface area (Å²) in [6, 6.07) is 1.46. The molecule has 2 aromatic rings. The Kier molecular flexibility index (Phi) is 9.07. The number of aromatic nitrogens is 2. The van der Waals surface area contributed by atoms with Gasteiger partial charge in [-0.2, -0.15) is 18.3 Å². The predicted molar refractivity (Wildman–Crippen MR) is 137 cm³/mol. The molecule has 2 fully saturated rings. The number of halogens is 5. The van der Waals surface area contributed by atoms with Gasteiger partial charge in [0, 0.05) is 18.2 Å². The highest BCUT2D eigenvalue weighted by molar-refractivity contribution is 7.89. The molecule has 0 bridgehead atoms. The molecule has 41 heavy (non-hydrogen) atoms.